The van der Waals surface area contributed by atoms with Gasteiger partial charge in [0.1, 0.15) is 5.82 Å². The van der Waals surface area contributed by atoms with Crippen LogP contribution >= 0.6 is 0 Å². The van der Waals surface area contributed by atoms with Crippen molar-refractivity contribution in [3.05, 3.63) is 47.8 Å². The lowest BCUT2D eigenvalue weighted by molar-refractivity contribution is -0.120. The molecule has 3 aromatic rings. The standard InChI is InChI=1S/C19H25N7O/c1-13(2)18-23-24-19-15(22-12-14-7-5-4-6-8-14)11-16(25-26(18)19)21-10-9-17(27)20-3/h4-8,11,13,22H,9-10,12H2,1-3H3,(H,20,27)(H,21,25). The maximum Gasteiger partial charge on any atom is 0.221 e. The molecular formula is C19H25N7O. The van der Waals surface area contributed by atoms with E-state index in [0.29, 0.717) is 31.0 Å². The van der Waals surface area contributed by atoms with E-state index in [0.717, 1.165) is 11.5 Å². The van der Waals surface area contributed by atoms with Gasteiger partial charge in [-0.1, -0.05) is 44.2 Å². The summed E-state index contributed by atoms with van der Waals surface area (Å²) in [4.78, 5) is 11.4. The van der Waals surface area contributed by atoms with Gasteiger partial charge in [-0.25, -0.2) is 0 Å². The second-order valence-electron chi connectivity index (χ2n) is 6.58. The molecule has 0 spiro atoms. The Kier molecular flexibility index (Phi) is 5.85. The van der Waals surface area contributed by atoms with Crippen molar-refractivity contribution in [1.29, 1.82) is 0 Å². The third kappa shape index (κ3) is 4.52. The van der Waals surface area contributed by atoms with Crippen molar-refractivity contribution in [1.82, 2.24) is 25.1 Å². The Hall–Kier alpha value is -3.16. The van der Waals surface area contributed by atoms with E-state index in [9.17, 15) is 4.79 Å². The van der Waals surface area contributed by atoms with Gasteiger partial charge < -0.3 is 16.0 Å². The monoisotopic (exact) mass is 367 g/mol. The molecule has 3 rings (SSSR count). The van der Waals surface area contributed by atoms with Crippen molar-refractivity contribution < 1.29 is 4.79 Å². The average molecular weight is 367 g/mol. The van der Waals surface area contributed by atoms with Gasteiger partial charge >= 0.3 is 0 Å². The van der Waals surface area contributed by atoms with Gasteiger partial charge in [0.25, 0.3) is 0 Å². The van der Waals surface area contributed by atoms with E-state index >= 15 is 0 Å². The number of fused-ring (bicyclic) bond motifs is 1. The van der Waals surface area contributed by atoms with Gasteiger partial charge in [0.2, 0.25) is 11.6 Å². The van der Waals surface area contributed by atoms with Gasteiger partial charge in [0.05, 0.1) is 5.69 Å². The fraction of sp³-hybridized carbons (Fsp3) is 0.368. The number of aromatic nitrogens is 4. The van der Waals surface area contributed by atoms with Crippen LogP contribution in [0.4, 0.5) is 11.5 Å². The Bertz CT molecular complexity index is 905. The number of benzene rings is 1. The molecule has 1 amide bonds. The summed E-state index contributed by atoms with van der Waals surface area (Å²) in [5.41, 5.74) is 2.70. The number of nitrogens with zero attached hydrogens (tertiary/aromatic N) is 4. The first kappa shape index (κ1) is 18.6. The molecule has 2 aromatic heterocycles. The van der Waals surface area contributed by atoms with Crippen LogP contribution in [0.15, 0.2) is 36.4 Å². The fourth-order valence-corrected chi connectivity index (χ4v) is 2.69. The summed E-state index contributed by atoms with van der Waals surface area (Å²) in [5.74, 6) is 1.64. The SMILES string of the molecule is CNC(=O)CCNc1cc(NCc2ccccc2)c2nnc(C(C)C)n2n1. The molecule has 27 heavy (non-hydrogen) atoms. The molecule has 0 aliphatic rings. The fourth-order valence-electron chi connectivity index (χ4n) is 2.69. The van der Waals surface area contributed by atoms with E-state index in [2.05, 4.69) is 57.2 Å². The number of hydrogen-bond acceptors (Lipinski definition) is 6. The number of carbonyl (C=O) groups is 1. The molecule has 0 aliphatic carbocycles. The molecule has 0 fully saturated rings. The van der Waals surface area contributed by atoms with Crippen molar-refractivity contribution in [3.63, 3.8) is 0 Å². The maximum absolute atomic E-state index is 11.4. The van der Waals surface area contributed by atoms with E-state index in [-0.39, 0.29) is 11.8 Å². The Morgan fingerprint density at radius 1 is 1.15 bits per heavy atom. The Morgan fingerprint density at radius 3 is 2.63 bits per heavy atom. The average Bonchev–Trinajstić information content (AvgIpc) is 3.11. The third-order valence-electron chi connectivity index (χ3n) is 4.17. The minimum absolute atomic E-state index is 0.0156. The molecule has 8 heteroatoms. The molecule has 0 atom stereocenters. The van der Waals surface area contributed by atoms with E-state index in [4.69, 9.17) is 0 Å². The predicted molar refractivity (Wildman–Crippen MR) is 106 cm³/mol. The zero-order valence-electron chi connectivity index (χ0n) is 15.9. The van der Waals surface area contributed by atoms with Crippen LogP contribution in [-0.4, -0.2) is 39.3 Å². The van der Waals surface area contributed by atoms with Crippen LogP contribution in [0.2, 0.25) is 0 Å². The van der Waals surface area contributed by atoms with Crippen molar-refractivity contribution in [3.8, 4) is 0 Å². The van der Waals surface area contributed by atoms with Crippen molar-refractivity contribution in [2.24, 2.45) is 0 Å². The second-order valence-corrected chi connectivity index (χ2v) is 6.58. The van der Waals surface area contributed by atoms with Crippen LogP contribution in [0.1, 0.15) is 37.6 Å². The molecular weight excluding hydrogens is 342 g/mol. The predicted octanol–water partition coefficient (Wildman–Crippen LogP) is 2.41. The van der Waals surface area contributed by atoms with Crippen molar-refractivity contribution >= 4 is 23.1 Å². The number of rotatable bonds is 8. The molecule has 0 aliphatic heterocycles. The molecule has 2 heterocycles. The number of nitrogens with one attached hydrogen (secondary N) is 3. The molecule has 3 N–H and O–H groups in total. The highest BCUT2D eigenvalue weighted by molar-refractivity contribution is 5.76. The van der Waals surface area contributed by atoms with Gasteiger partial charge in [0, 0.05) is 38.5 Å². The van der Waals surface area contributed by atoms with E-state index in [1.165, 1.54) is 5.56 Å². The summed E-state index contributed by atoms with van der Waals surface area (Å²) in [7, 11) is 1.63. The number of anilines is 2. The lowest BCUT2D eigenvalue weighted by Gasteiger charge is -2.12. The molecule has 0 radical (unpaired) electrons. The topological polar surface area (TPSA) is 96.2 Å². The van der Waals surface area contributed by atoms with Gasteiger partial charge in [-0.15, -0.1) is 15.3 Å². The normalized spacial score (nSPS) is 11.0. The van der Waals surface area contributed by atoms with E-state index in [1.807, 2.05) is 24.3 Å². The summed E-state index contributed by atoms with van der Waals surface area (Å²) < 4.78 is 1.76. The highest BCUT2D eigenvalue weighted by Gasteiger charge is 2.15. The summed E-state index contributed by atoms with van der Waals surface area (Å²) in [6.45, 7) is 5.28. The van der Waals surface area contributed by atoms with Crippen LogP contribution in [0, 0.1) is 0 Å². The van der Waals surface area contributed by atoms with Gasteiger partial charge in [-0.05, 0) is 5.56 Å². The molecule has 0 bridgehead atoms. The minimum atomic E-state index is -0.0156. The lowest BCUT2D eigenvalue weighted by Crippen LogP contribution is -2.21. The van der Waals surface area contributed by atoms with Crippen molar-refractivity contribution in [2.45, 2.75) is 32.7 Å². The van der Waals surface area contributed by atoms with Gasteiger partial charge in [0.15, 0.2) is 5.82 Å². The summed E-state index contributed by atoms with van der Waals surface area (Å²) in [5, 5.41) is 22.5. The summed E-state index contributed by atoms with van der Waals surface area (Å²) in [6, 6.07) is 12.1. The Balaban J connectivity index is 1.86. The quantitative estimate of drug-likeness (QED) is 0.566. The molecule has 1 aromatic carbocycles. The van der Waals surface area contributed by atoms with Crippen molar-refractivity contribution in [2.75, 3.05) is 24.2 Å². The molecule has 0 unspecified atom stereocenters. The second kappa shape index (κ2) is 8.48. The molecule has 8 nitrogen and oxygen atoms in total. The first-order valence-electron chi connectivity index (χ1n) is 9.07. The Labute approximate surface area is 158 Å². The molecule has 142 valence electrons. The largest absolute Gasteiger partial charge is 0.378 e. The van der Waals surface area contributed by atoms with Crippen LogP contribution in [-0.2, 0) is 11.3 Å². The van der Waals surface area contributed by atoms with Crippen LogP contribution in [0.5, 0.6) is 0 Å². The maximum atomic E-state index is 11.4. The van der Waals surface area contributed by atoms with E-state index in [1.54, 1.807) is 11.6 Å². The molecule has 0 saturated heterocycles. The Morgan fingerprint density at radius 2 is 1.93 bits per heavy atom. The first-order chi connectivity index (χ1) is 13.1. The smallest absolute Gasteiger partial charge is 0.221 e. The summed E-state index contributed by atoms with van der Waals surface area (Å²) in [6.07, 6.45) is 0.377. The van der Waals surface area contributed by atoms with Crippen LogP contribution < -0.4 is 16.0 Å². The third-order valence-corrected chi connectivity index (χ3v) is 4.17. The summed E-state index contributed by atoms with van der Waals surface area (Å²) >= 11 is 0. The highest BCUT2D eigenvalue weighted by atomic mass is 16.1. The minimum Gasteiger partial charge on any atom is -0.378 e. The van der Waals surface area contributed by atoms with E-state index < -0.39 is 0 Å². The van der Waals surface area contributed by atoms with Gasteiger partial charge in [-0.2, -0.15) is 4.52 Å². The number of carbonyl (C=O) groups excluding carboxylic acids is 1. The number of amides is 1. The highest BCUT2D eigenvalue weighted by Crippen LogP contribution is 2.22. The van der Waals surface area contributed by atoms with Crippen LogP contribution in [0.3, 0.4) is 0 Å². The van der Waals surface area contributed by atoms with Crippen LogP contribution in [0.25, 0.3) is 5.65 Å². The van der Waals surface area contributed by atoms with Gasteiger partial charge in [-0.3, -0.25) is 4.79 Å². The molecule has 0 saturated carbocycles. The lowest BCUT2D eigenvalue weighted by atomic mass is 10.2. The zero-order valence-corrected chi connectivity index (χ0v) is 15.9. The number of hydrogen-bond donors (Lipinski definition) is 3. The first-order valence-corrected chi connectivity index (χ1v) is 9.07. The zero-order chi connectivity index (χ0) is 19.2.